The van der Waals surface area contributed by atoms with Gasteiger partial charge in [-0.25, -0.2) is 13.1 Å². The molecule has 0 aromatic carbocycles. The fourth-order valence-corrected chi connectivity index (χ4v) is 5.69. The number of aromatic nitrogens is 5. The van der Waals surface area contributed by atoms with Gasteiger partial charge in [0.1, 0.15) is 6.10 Å². The Morgan fingerprint density at radius 1 is 1.19 bits per heavy atom. The minimum atomic E-state index is -3.65. The Hall–Kier alpha value is -1.89. The van der Waals surface area contributed by atoms with E-state index in [0.29, 0.717) is 36.4 Å². The van der Waals surface area contributed by atoms with Crippen LogP contribution in [0.5, 0.6) is 0 Å². The van der Waals surface area contributed by atoms with Crippen LogP contribution in [0.15, 0.2) is 5.16 Å². The SMILES string of the molecule is CCCCNc1nc(S(=O)(=O)CCC)nc2c1nnn2[C@@H]1C[C@H](CO)[C@H]2OC(C)(C)O[C@H]21. The highest BCUT2D eigenvalue weighted by molar-refractivity contribution is 7.91. The van der Waals surface area contributed by atoms with Gasteiger partial charge in [0.15, 0.2) is 22.8 Å². The Labute approximate surface area is 187 Å². The summed E-state index contributed by atoms with van der Waals surface area (Å²) in [4.78, 5) is 8.70. The summed E-state index contributed by atoms with van der Waals surface area (Å²) in [6.45, 7) is 8.14. The number of aliphatic hydroxyl groups excluding tert-OH is 1. The van der Waals surface area contributed by atoms with Crippen LogP contribution in [0.3, 0.4) is 0 Å². The average Bonchev–Trinajstić information content (AvgIpc) is 3.38. The number of hydrogen-bond donors (Lipinski definition) is 2. The van der Waals surface area contributed by atoms with Crippen molar-refractivity contribution >= 4 is 26.8 Å². The van der Waals surface area contributed by atoms with Gasteiger partial charge in [-0.15, -0.1) is 5.10 Å². The summed E-state index contributed by atoms with van der Waals surface area (Å²) in [5.41, 5.74) is 0.753. The molecule has 1 aliphatic heterocycles. The lowest BCUT2D eigenvalue weighted by molar-refractivity contribution is -0.162. The van der Waals surface area contributed by atoms with E-state index >= 15 is 0 Å². The molecule has 1 aliphatic carbocycles. The number of anilines is 1. The molecule has 12 heteroatoms. The third-order valence-electron chi connectivity index (χ3n) is 5.98. The summed E-state index contributed by atoms with van der Waals surface area (Å²) in [7, 11) is -3.65. The zero-order chi connectivity index (χ0) is 23.1. The molecule has 0 spiro atoms. The van der Waals surface area contributed by atoms with Crippen LogP contribution in [-0.4, -0.2) is 75.4 Å². The molecular weight excluding hydrogens is 436 g/mol. The highest BCUT2D eigenvalue weighted by atomic mass is 32.2. The lowest BCUT2D eigenvalue weighted by Crippen LogP contribution is -2.28. The molecule has 0 radical (unpaired) electrons. The van der Waals surface area contributed by atoms with E-state index in [9.17, 15) is 13.5 Å². The second kappa shape index (κ2) is 8.81. The first-order valence-electron chi connectivity index (χ1n) is 11.3. The Kier molecular flexibility index (Phi) is 6.40. The first-order valence-corrected chi connectivity index (χ1v) is 12.9. The molecule has 1 saturated carbocycles. The number of hydrogen-bond acceptors (Lipinski definition) is 10. The summed E-state index contributed by atoms with van der Waals surface area (Å²) < 4.78 is 39.4. The summed E-state index contributed by atoms with van der Waals surface area (Å²) in [5.74, 6) is -0.588. The van der Waals surface area contributed by atoms with Crippen molar-refractivity contribution in [1.82, 2.24) is 25.0 Å². The number of nitrogens with one attached hydrogen (secondary N) is 1. The zero-order valence-electron chi connectivity index (χ0n) is 19.0. The van der Waals surface area contributed by atoms with Crippen LogP contribution in [-0.2, 0) is 19.3 Å². The Morgan fingerprint density at radius 2 is 1.94 bits per heavy atom. The molecule has 1 saturated heterocycles. The largest absolute Gasteiger partial charge is 0.396 e. The van der Waals surface area contributed by atoms with E-state index in [-0.39, 0.29) is 41.7 Å². The van der Waals surface area contributed by atoms with E-state index in [2.05, 4.69) is 32.5 Å². The molecule has 0 amide bonds. The van der Waals surface area contributed by atoms with Gasteiger partial charge in [-0.1, -0.05) is 25.5 Å². The van der Waals surface area contributed by atoms with Crippen molar-refractivity contribution in [2.45, 2.75) is 82.6 Å². The summed E-state index contributed by atoms with van der Waals surface area (Å²) in [6, 6.07) is -0.302. The van der Waals surface area contributed by atoms with Gasteiger partial charge in [-0.3, -0.25) is 0 Å². The molecule has 2 N–H and O–H groups in total. The minimum absolute atomic E-state index is 0.0413. The molecule has 4 rings (SSSR count). The first-order chi connectivity index (χ1) is 15.2. The predicted molar refractivity (Wildman–Crippen MR) is 117 cm³/mol. The van der Waals surface area contributed by atoms with Crippen molar-refractivity contribution < 1.29 is 23.0 Å². The van der Waals surface area contributed by atoms with Crippen LogP contribution in [0.2, 0.25) is 0 Å². The number of aliphatic hydroxyl groups is 1. The van der Waals surface area contributed by atoms with Gasteiger partial charge in [-0.05, 0) is 33.1 Å². The fourth-order valence-electron chi connectivity index (χ4n) is 4.51. The molecule has 4 atom stereocenters. The third kappa shape index (κ3) is 4.20. The molecule has 2 aliphatic rings. The minimum Gasteiger partial charge on any atom is -0.396 e. The average molecular weight is 469 g/mol. The van der Waals surface area contributed by atoms with Crippen LogP contribution in [0.1, 0.15) is 59.4 Å². The molecule has 2 fully saturated rings. The topological polar surface area (TPSA) is 141 Å². The van der Waals surface area contributed by atoms with Gasteiger partial charge >= 0.3 is 0 Å². The Morgan fingerprint density at radius 3 is 2.62 bits per heavy atom. The maximum Gasteiger partial charge on any atom is 0.251 e. The highest BCUT2D eigenvalue weighted by Crippen LogP contribution is 2.47. The number of ether oxygens (including phenoxy) is 2. The third-order valence-corrected chi connectivity index (χ3v) is 7.66. The van der Waals surface area contributed by atoms with E-state index in [1.165, 1.54) is 0 Å². The standard InChI is InChI=1S/C20H32N6O5S/c1-5-7-8-21-17-14-18(23-19(22-17)32(28,29)9-6-2)26(25-24-14)13-10-12(11-27)15-16(13)31-20(3,4)30-15/h12-13,15-16,27H,5-11H2,1-4H3,(H,21,22,23)/t12-,13-,15-,16+/m1/s1. The van der Waals surface area contributed by atoms with Crippen molar-refractivity contribution in [1.29, 1.82) is 0 Å². The van der Waals surface area contributed by atoms with Crippen LogP contribution in [0.25, 0.3) is 11.2 Å². The lowest BCUT2D eigenvalue weighted by atomic mass is 10.1. The van der Waals surface area contributed by atoms with Gasteiger partial charge in [0, 0.05) is 19.1 Å². The summed E-state index contributed by atoms with van der Waals surface area (Å²) in [5, 5.41) is 21.5. The maximum absolute atomic E-state index is 12.8. The fraction of sp³-hybridized carbons (Fsp3) is 0.800. The van der Waals surface area contributed by atoms with E-state index in [4.69, 9.17) is 9.47 Å². The molecule has 2 aromatic heterocycles. The van der Waals surface area contributed by atoms with Gasteiger partial charge in [-0.2, -0.15) is 9.97 Å². The molecule has 2 aromatic rings. The highest BCUT2D eigenvalue weighted by Gasteiger charge is 2.55. The monoisotopic (exact) mass is 468 g/mol. The zero-order valence-corrected chi connectivity index (χ0v) is 19.8. The smallest absolute Gasteiger partial charge is 0.251 e. The van der Waals surface area contributed by atoms with Gasteiger partial charge < -0.3 is 19.9 Å². The number of sulfone groups is 1. The quantitative estimate of drug-likeness (QED) is 0.412. The molecule has 0 unspecified atom stereocenters. The molecule has 3 heterocycles. The number of fused-ring (bicyclic) bond motifs is 2. The molecule has 178 valence electrons. The van der Waals surface area contributed by atoms with Crippen molar-refractivity contribution in [3.63, 3.8) is 0 Å². The van der Waals surface area contributed by atoms with Crippen molar-refractivity contribution in [3.8, 4) is 0 Å². The van der Waals surface area contributed by atoms with Gasteiger partial charge in [0.2, 0.25) is 9.84 Å². The first kappa shape index (κ1) is 23.3. The Bertz CT molecular complexity index is 1070. The van der Waals surface area contributed by atoms with Crippen LogP contribution < -0.4 is 5.32 Å². The van der Waals surface area contributed by atoms with E-state index < -0.39 is 15.6 Å². The number of unbranched alkanes of at least 4 members (excludes halogenated alkanes) is 1. The second-order valence-corrected chi connectivity index (χ2v) is 11.0. The molecule has 11 nitrogen and oxygen atoms in total. The number of nitrogens with zero attached hydrogens (tertiary/aromatic N) is 5. The normalized spacial score (nSPS) is 27.2. The van der Waals surface area contributed by atoms with Crippen molar-refractivity contribution in [2.24, 2.45) is 5.92 Å². The van der Waals surface area contributed by atoms with Gasteiger partial charge in [0.05, 0.1) is 17.9 Å². The molecular formula is C20H32N6O5S. The maximum atomic E-state index is 12.8. The van der Waals surface area contributed by atoms with E-state index in [0.717, 1.165) is 12.8 Å². The van der Waals surface area contributed by atoms with Crippen LogP contribution in [0, 0.1) is 5.92 Å². The van der Waals surface area contributed by atoms with Gasteiger partial charge in [0.25, 0.3) is 5.16 Å². The summed E-state index contributed by atoms with van der Waals surface area (Å²) in [6.07, 6.45) is 2.27. The van der Waals surface area contributed by atoms with Crippen molar-refractivity contribution in [2.75, 3.05) is 24.2 Å². The summed E-state index contributed by atoms with van der Waals surface area (Å²) >= 11 is 0. The lowest BCUT2D eigenvalue weighted by Gasteiger charge is -2.23. The Balaban J connectivity index is 1.80. The number of rotatable bonds is 9. The van der Waals surface area contributed by atoms with E-state index in [1.54, 1.807) is 11.6 Å². The second-order valence-electron chi connectivity index (χ2n) is 8.97. The van der Waals surface area contributed by atoms with Crippen molar-refractivity contribution in [3.05, 3.63) is 0 Å². The molecule has 32 heavy (non-hydrogen) atoms. The van der Waals surface area contributed by atoms with Crippen LogP contribution in [0.4, 0.5) is 5.82 Å². The predicted octanol–water partition coefficient (Wildman–Crippen LogP) is 1.69. The van der Waals surface area contributed by atoms with Crippen LogP contribution >= 0.6 is 0 Å². The van der Waals surface area contributed by atoms with E-state index in [1.807, 2.05) is 13.8 Å². The molecule has 0 bridgehead atoms.